The Morgan fingerprint density at radius 2 is 2.21 bits per heavy atom. The van der Waals surface area contributed by atoms with E-state index in [0.29, 0.717) is 6.04 Å². The highest BCUT2D eigenvalue weighted by atomic mass is 16.5. The van der Waals surface area contributed by atoms with E-state index in [-0.39, 0.29) is 0 Å². The molecule has 19 heavy (non-hydrogen) atoms. The van der Waals surface area contributed by atoms with Crippen LogP contribution in [0.5, 0.6) is 11.5 Å². The van der Waals surface area contributed by atoms with Crippen molar-refractivity contribution in [3.63, 3.8) is 0 Å². The lowest BCUT2D eigenvalue weighted by atomic mass is 10.1. The van der Waals surface area contributed by atoms with Gasteiger partial charge in [-0.05, 0) is 37.6 Å². The minimum atomic E-state index is 0.331. The first-order valence-corrected chi connectivity index (χ1v) is 6.69. The Bertz CT molecular complexity index is 522. The lowest BCUT2D eigenvalue weighted by Crippen LogP contribution is -2.19. The van der Waals surface area contributed by atoms with Crippen molar-refractivity contribution in [1.29, 1.82) is 0 Å². The first-order chi connectivity index (χ1) is 9.19. The maximum absolute atomic E-state index is 5.78. The van der Waals surface area contributed by atoms with E-state index in [0.717, 1.165) is 24.5 Å². The molecule has 1 N–H and O–H groups in total. The molecule has 0 saturated carbocycles. The van der Waals surface area contributed by atoms with Crippen molar-refractivity contribution >= 4 is 0 Å². The number of benzene rings is 1. The second kappa shape index (κ2) is 6.38. The molecule has 1 aromatic carbocycles. The summed E-state index contributed by atoms with van der Waals surface area (Å²) in [6.45, 7) is 5.36. The Balaban J connectivity index is 2.06. The van der Waals surface area contributed by atoms with Gasteiger partial charge in [0.1, 0.15) is 5.75 Å². The lowest BCUT2D eigenvalue weighted by molar-refractivity contribution is 0.479. The number of ether oxygens (including phenoxy) is 1. The average Bonchev–Trinajstić information content (AvgIpc) is 2.81. The molecule has 0 bridgehead atoms. The standard InChI is InChI=1S/C15H21N3O/c1-4-8-16-12(2)13-6-5-7-14(9-13)19-15-10-17-18(3)11-15/h5-7,9-12,16H,4,8H2,1-3H3. The monoisotopic (exact) mass is 259 g/mol. The van der Waals surface area contributed by atoms with Crippen LogP contribution in [-0.4, -0.2) is 16.3 Å². The summed E-state index contributed by atoms with van der Waals surface area (Å²) in [6.07, 6.45) is 4.70. The molecule has 102 valence electrons. The molecule has 2 rings (SSSR count). The fourth-order valence-electron chi connectivity index (χ4n) is 1.91. The van der Waals surface area contributed by atoms with Crippen LogP contribution in [0.3, 0.4) is 0 Å². The molecule has 1 atom stereocenters. The number of aryl methyl sites for hydroxylation is 1. The molecular weight excluding hydrogens is 238 g/mol. The first kappa shape index (κ1) is 13.6. The molecule has 1 unspecified atom stereocenters. The summed E-state index contributed by atoms with van der Waals surface area (Å²) >= 11 is 0. The molecule has 0 radical (unpaired) electrons. The third-order valence-corrected chi connectivity index (χ3v) is 2.98. The molecule has 2 aromatic rings. The fourth-order valence-corrected chi connectivity index (χ4v) is 1.91. The third-order valence-electron chi connectivity index (χ3n) is 2.98. The number of nitrogens with zero attached hydrogens (tertiary/aromatic N) is 2. The highest BCUT2D eigenvalue weighted by Gasteiger charge is 2.06. The predicted octanol–water partition coefficient (Wildman–Crippen LogP) is 3.27. The number of hydrogen-bond donors (Lipinski definition) is 1. The van der Waals surface area contributed by atoms with E-state index in [1.54, 1.807) is 10.9 Å². The molecule has 0 amide bonds. The molecule has 4 nitrogen and oxygen atoms in total. The number of aromatic nitrogens is 2. The summed E-state index contributed by atoms with van der Waals surface area (Å²) in [5.41, 5.74) is 1.23. The summed E-state index contributed by atoms with van der Waals surface area (Å²) in [5, 5.41) is 7.56. The predicted molar refractivity (Wildman–Crippen MR) is 76.4 cm³/mol. The molecule has 4 heteroatoms. The van der Waals surface area contributed by atoms with Gasteiger partial charge in [0, 0.05) is 13.1 Å². The topological polar surface area (TPSA) is 39.1 Å². The van der Waals surface area contributed by atoms with Crippen molar-refractivity contribution in [3.05, 3.63) is 42.2 Å². The van der Waals surface area contributed by atoms with Crippen molar-refractivity contribution < 1.29 is 4.74 Å². The maximum Gasteiger partial charge on any atom is 0.165 e. The van der Waals surface area contributed by atoms with Crippen molar-refractivity contribution in [2.75, 3.05) is 6.54 Å². The van der Waals surface area contributed by atoms with Crippen LogP contribution in [0, 0.1) is 0 Å². The zero-order valence-electron chi connectivity index (χ0n) is 11.8. The molecule has 0 aliphatic carbocycles. The van der Waals surface area contributed by atoms with Crippen LogP contribution in [0.25, 0.3) is 0 Å². The summed E-state index contributed by atoms with van der Waals surface area (Å²) in [5.74, 6) is 1.60. The van der Waals surface area contributed by atoms with Gasteiger partial charge in [0.25, 0.3) is 0 Å². The number of hydrogen-bond acceptors (Lipinski definition) is 3. The minimum absolute atomic E-state index is 0.331. The minimum Gasteiger partial charge on any atom is -0.454 e. The van der Waals surface area contributed by atoms with Crippen LogP contribution in [0.2, 0.25) is 0 Å². The highest BCUT2D eigenvalue weighted by Crippen LogP contribution is 2.24. The second-order valence-corrected chi connectivity index (χ2v) is 4.70. The Morgan fingerprint density at radius 3 is 2.89 bits per heavy atom. The number of nitrogens with one attached hydrogen (secondary N) is 1. The Morgan fingerprint density at radius 1 is 1.37 bits per heavy atom. The van der Waals surface area contributed by atoms with Gasteiger partial charge in [0.05, 0.1) is 12.4 Å². The van der Waals surface area contributed by atoms with Gasteiger partial charge in [-0.3, -0.25) is 4.68 Å². The zero-order valence-corrected chi connectivity index (χ0v) is 11.8. The van der Waals surface area contributed by atoms with Crippen LogP contribution >= 0.6 is 0 Å². The molecule has 0 spiro atoms. The molecule has 0 fully saturated rings. The van der Waals surface area contributed by atoms with Gasteiger partial charge in [-0.2, -0.15) is 5.10 Å². The highest BCUT2D eigenvalue weighted by molar-refractivity contribution is 5.33. The van der Waals surface area contributed by atoms with Gasteiger partial charge in [-0.25, -0.2) is 0 Å². The van der Waals surface area contributed by atoms with Crippen molar-refractivity contribution in [2.45, 2.75) is 26.3 Å². The SMILES string of the molecule is CCCNC(C)c1cccc(Oc2cnn(C)c2)c1. The Hall–Kier alpha value is -1.81. The summed E-state index contributed by atoms with van der Waals surface area (Å²) in [7, 11) is 1.88. The van der Waals surface area contributed by atoms with E-state index < -0.39 is 0 Å². The second-order valence-electron chi connectivity index (χ2n) is 4.70. The third kappa shape index (κ3) is 3.83. The van der Waals surface area contributed by atoms with Gasteiger partial charge in [0.2, 0.25) is 0 Å². The fraction of sp³-hybridized carbons (Fsp3) is 0.400. The van der Waals surface area contributed by atoms with E-state index in [9.17, 15) is 0 Å². The maximum atomic E-state index is 5.78. The van der Waals surface area contributed by atoms with Crippen molar-refractivity contribution in [3.8, 4) is 11.5 Å². The molecule has 1 heterocycles. The van der Waals surface area contributed by atoms with Crippen LogP contribution in [0.1, 0.15) is 31.9 Å². The van der Waals surface area contributed by atoms with Crippen molar-refractivity contribution in [1.82, 2.24) is 15.1 Å². The van der Waals surface area contributed by atoms with Crippen LogP contribution < -0.4 is 10.1 Å². The molecule has 0 saturated heterocycles. The van der Waals surface area contributed by atoms with Gasteiger partial charge in [0.15, 0.2) is 5.75 Å². The summed E-state index contributed by atoms with van der Waals surface area (Å²) < 4.78 is 7.51. The van der Waals surface area contributed by atoms with E-state index in [2.05, 4.69) is 36.4 Å². The van der Waals surface area contributed by atoms with E-state index in [1.807, 2.05) is 25.4 Å². The molecular formula is C15H21N3O. The largest absolute Gasteiger partial charge is 0.454 e. The lowest BCUT2D eigenvalue weighted by Gasteiger charge is -2.14. The van der Waals surface area contributed by atoms with Crippen LogP contribution in [0.4, 0.5) is 0 Å². The normalized spacial score (nSPS) is 12.4. The van der Waals surface area contributed by atoms with E-state index in [1.165, 1.54) is 5.56 Å². The molecule has 1 aromatic heterocycles. The Labute approximate surface area is 114 Å². The zero-order chi connectivity index (χ0) is 13.7. The number of rotatable bonds is 6. The molecule has 0 aliphatic rings. The summed E-state index contributed by atoms with van der Waals surface area (Å²) in [6, 6.07) is 8.50. The Kier molecular flexibility index (Phi) is 4.58. The van der Waals surface area contributed by atoms with Gasteiger partial charge in [-0.1, -0.05) is 19.1 Å². The van der Waals surface area contributed by atoms with E-state index in [4.69, 9.17) is 4.74 Å². The average molecular weight is 259 g/mol. The quantitative estimate of drug-likeness (QED) is 0.865. The molecule has 0 aliphatic heterocycles. The summed E-state index contributed by atoms with van der Waals surface area (Å²) in [4.78, 5) is 0. The van der Waals surface area contributed by atoms with Crippen molar-refractivity contribution in [2.24, 2.45) is 7.05 Å². The first-order valence-electron chi connectivity index (χ1n) is 6.69. The van der Waals surface area contributed by atoms with E-state index >= 15 is 0 Å². The smallest absolute Gasteiger partial charge is 0.165 e. The van der Waals surface area contributed by atoms with Gasteiger partial charge >= 0.3 is 0 Å². The van der Waals surface area contributed by atoms with Gasteiger partial charge < -0.3 is 10.1 Å². The van der Waals surface area contributed by atoms with Gasteiger partial charge in [-0.15, -0.1) is 0 Å². The van der Waals surface area contributed by atoms with Crippen LogP contribution in [0.15, 0.2) is 36.7 Å². The van der Waals surface area contributed by atoms with Crippen LogP contribution in [-0.2, 0) is 7.05 Å².